The van der Waals surface area contributed by atoms with Gasteiger partial charge in [0.25, 0.3) is 0 Å². The van der Waals surface area contributed by atoms with E-state index in [1.54, 1.807) is 0 Å². The van der Waals surface area contributed by atoms with E-state index >= 15 is 0 Å². The quantitative estimate of drug-likeness (QED) is 0.886. The van der Waals surface area contributed by atoms with Gasteiger partial charge in [0.2, 0.25) is 0 Å². The number of hydrogen-bond acceptors (Lipinski definition) is 2. The minimum absolute atomic E-state index is 0.0436. The molecule has 0 bridgehead atoms. The Morgan fingerprint density at radius 1 is 1.05 bits per heavy atom. The van der Waals surface area contributed by atoms with Gasteiger partial charge in [0.15, 0.2) is 0 Å². The Bertz CT molecular complexity index is 492. The summed E-state index contributed by atoms with van der Waals surface area (Å²) in [6, 6.07) is 7.62. The lowest BCUT2D eigenvalue weighted by molar-refractivity contribution is -0.150. The van der Waals surface area contributed by atoms with E-state index in [0.717, 1.165) is 5.56 Å². The molecule has 1 atom stereocenters. The second-order valence-corrected chi connectivity index (χ2v) is 7.51. The Morgan fingerprint density at radius 3 is 1.95 bits per heavy atom. The monoisotopic (exact) mass is 278 g/mol. The first-order chi connectivity index (χ1) is 8.88. The molecule has 20 heavy (non-hydrogen) atoms. The number of aliphatic carboxylic acids is 1. The Morgan fingerprint density at radius 2 is 1.55 bits per heavy atom. The van der Waals surface area contributed by atoms with Crippen LogP contribution in [0.15, 0.2) is 24.3 Å². The molecule has 0 fully saturated rings. The third-order valence-electron chi connectivity index (χ3n) is 3.85. The number of carboxylic acid groups (broad SMARTS) is 1. The lowest BCUT2D eigenvalue weighted by atomic mass is 9.69. The van der Waals surface area contributed by atoms with Crippen LogP contribution < -0.4 is 0 Å². The Hall–Kier alpha value is -1.35. The zero-order chi connectivity index (χ0) is 15.8. The molecule has 1 rings (SSSR count). The van der Waals surface area contributed by atoms with Crippen LogP contribution in [0.2, 0.25) is 0 Å². The first kappa shape index (κ1) is 16.7. The maximum absolute atomic E-state index is 11.2. The van der Waals surface area contributed by atoms with Gasteiger partial charge < -0.3 is 10.2 Å². The van der Waals surface area contributed by atoms with Gasteiger partial charge in [-0.1, -0.05) is 65.8 Å². The van der Waals surface area contributed by atoms with Crippen molar-refractivity contribution in [3.05, 3.63) is 35.4 Å². The van der Waals surface area contributed by atoms with E-state index < -0.39 is 17.0 Å². The molecule has 0 aliphatic rings. The first-order valence-electron chi connectivity index (χ1n) is 6.93. The average molecular weight is 278 g/mol. The van der Waals surface area contributed by atoms with E-state index in [0.29, 0.717) is 5.56 Å². The van der Waals surface area contributed by atoms with E-state index in [1.807, 2.05) is 45.0 Å². The zero-order valence-corrected chi connectivity index (χ0v) is 13.3. The molecule has 1 aromatic carbocycles. The van der Waals surface area contributed by atoms with Crippen molar-refractivity contribution in [3.63, 3.8) is 0 Å². The normalized spacial score (nSPS) is 15.8. The van der Waals surface area contributed by atoms with Gasteiger partial charge in [-0.15, -0.1) is 0 Å². The molecule has 0 heterocycles. The number of aliphatic hydroxyl groups is 1. The van der Waals surface area contributed by atoms with Crippen molar-refractivity contribution in [3.8, 4) is 0 Å². The molecule has 0 amide bonds. The fourth-order valence-electron chi connectivity index (χ4n) is 2.26. The van der Waals surface area contributed by atoms with Crippen LogP contribution in [0.4, 0.5) is 0 Å². The Labute approximate surface area is 121 Å². The van der Waals surface area contributed by atoms with E-state index in [2.05, 4.69) is 20.8 Å². The highest BCUT2D eigenvalue weighted by Gasteiger charge is 2.43. The summed E-state index contributed by atoms with van der Waals surface area (Å²) < 4.78 is 0. The predicted molar refractivity (Wildman–Crippen MR) is 80.7 cm³/mol. The maximum Gasteiger partial charge on any atom is 0.306 e. The van der Waals surface area contributed by atoms with Gasteiger partial charge in [-0.05, 0) is 22.0 Å². The summed E-state index contributed by atoms with van der Waals surface area (Å²) in [4.78, 5) is 11.2. The average Bonchev–Trinajstić information content (AvgIpc) is 2.25. The summed E-state index contributed by atoms with van der Waals surface area (Å²) in [7, 11) is 0. The smallest absolute Gasteiger partial charge is 0.306 e. The molecular weight excluding hydrogens is 252 g/mol. The van der Waals surface area contributed by atoms with Gasteiger partial charge in [0.1, 0.15) is 5.60 Å². The third kappa shape index (κ3) is 3.40. The molecular formula is C17H26O3. The van der Waals surface area contributed by atoms with Crippen LogP contribution in [0.25, 0.3) is 0 Å². The van der Waals surface area contributed by atoms with Crippen LogP contribution in [-0.4, -0.2) is 16.2 Å². The summed E-state index contributed by atoms with van der Waals surface area (Å²) in [6.45, 7) is 11.9. The summed E-state index contributed by atoms with van der Waals surface area (Å²) in [5.74, 6) is -0.997. The highest BCUT2D eigenvalue weighted by atomic mass is 16.4. The molecule has 3 heteroatoms. The van der Waals surface area contributed by atoms with Gasteiger partial charge in [-0.3, -0.25) is 4.79 Å². The number of carboxylic acids is 1. The van der Waals surface area contributed by atoms with Crippen LogP contribution in [-0.2, 0) is 15.8 Å². The van der Waals surface area contributed by atoms with E-state index in [1.165, 1.54) is 0 Å². The van der Waals surface area contributed by atoms with Crippen molar-refractivity contribution in [1.82, 2.24) is 0 Å². The first-order valence-corrected chi connectivity index (χ1v) is 6.93. The van der Waals surface area contributed by atoms with Crippen LogP contribution in [0, 0.1) is 5.41 Å². The zero-order valence-electron chi connectivity index (χ0n) is 13.3. The molecule has 0 aliphatic carbocycles. The van der Waals surface area contributed by atoms with Crippen molar-refractivity contribution in [2.45, 2.75) is 59.0 Å². The number of hydrogen-bond donors (Lipinski definition) is 2. The van der Waals surface area contributed by atoms with Crippen molar-refractivity contribution >= 4 is 5.97 Å². The lowest BCUT2D eigenvalue weighted by Gasteiger charge is -2.40. The lowest BCUT2D eigenvalue weighted by Crippen LogP contribution is -2.42. The minimum atomic E-state index is -1.39. The largest absolute Gasteiger partial charge is 0.481 e. The predicted octanol–water partition coefficient (Wildman–Crippen LogP) is 3.69. The van der Waals surface area contributed by atoms with Crippen molar-refractivity contribution in [2.24, 2.45) is 5.41 Å². The van der Waals surface area contributed by atoms with Crippen LogP contribution >= 0.6 is 0 Å². The molecule has 1 aromatic rings. The summed E-state index contributed by atoms with van der Waals surface area (Å²) in [6.07, 6.45) is -0.301. The van der Waals surface area contributed by atoms with Crippen LogP contribution in [0.5, 0.6) is 0 Å². The maximum atomic E-state index is 11.2. The summed E-state index contributed by atoms with van der Waals surface area (Å²) >= 11 is 0. The topological polar surface area (TPSA) is 57.5 Å². The molecule has 3 nitrogen and oxygen atoms in total. The fraction of sp³-hybridized carbons (Fsp3) is 0.588. The van der Waals surface area contributed by atoms with Gasteiger partial charge in [0, 0.05) is 0 Å². The summed E-state index contributed by atoms with van der Waals surface area (Å²) in [5.41, 5.74) is -0.247. The van der Waals surface area contributed by atoms with E-state index in [4.69, 9.17) is 5.11 Å². The molecule has 112 valence electrons. The van der Waals surface area contributed by atoms with Crippen LogP contribution in [0.1, 0.15) is 59.1 Å². The number of benzene rings is 1. The molecule has 2 N–H and O–H groups in total. The van der Waals surface area contributed by atoms with Gasteiger partial charge >= 0.3 is 5.97 Å². The molecule has 0 aliphatic heterocycles. The highest BCUT2D eigenvalue weighted by Crippen LogP contribution is 2.43. The second kappa shape index (κ2) is 5.21. The molecule has 0 radical (unpaired) electrons. The molecule has 0 saturated heterocycles. The molecule has 0 spiro atoms. The molecule has 0 saturated carbocycles. The number of carbonyl (C=O) groups is 1. The van der Waals surface area contributed by atoms with E-state index in [-0.39, 0.29) is 11.8 Å². The van der Waals surface area contributed by atoms with Crippen LogP contribution in [0.3, 0.4) is 0 Å². The summed E-state index contributed by atoms with van der Waals surface area (Å²) in [5, 5.41) is 20.1. The third-order valence-corrected chi connectivity index (χ3v) is 3.85. The Balaban J connectivity index is 3.40. The molecule has 0 aromatic heterocycles. The van der Waals surface area contributed by atoms with Crippen molar-refractivity contribution in [1.29, 1.82) is 0 Å². The van der Waals surface area contributed by atoms with Crippen molar-refractivity contribution < 1.29 is 15.0 Å². The second-order valence-electron chi connectivity index (χ2n) is 7.51. The van der Waals surface area contributed by atoms with Gasteiger partial charge in [0.05, 0.1) is 6.42 Å². The van der Waals surface area contributed by atoms with E-state index in [9.17, 15) is 9.90 Å². The Kier molecular flexibility index (Phi) is 4.35. The standard InChI is InChI=1S/C17H26O3/c1-15(2,3)12-8-7-9-13(10-12)17(20,11-14(18)19)16(4,5)6/h7-10,20H,11H2,1-6H3,(H,18,19). The van der Waals surface area contributed by atoms with Gasteiger partial charge in [-0.2, -0.15) is 0 Å². The van der Waals surface area contributed by atoms with Gasteiger partial charge in [-0.25, -0.2) is 0 Å². The minimum Gasteiger partial charge on any atom is -0.481 e. The number of rotatable bonds is 3. The highest BCUT2D eigenvalue weighted by molar-refractivity contribution is 5.69. The molecule has 1 unspecified atom stereocenters. The fourth-order valence-corrected chi connectivity index (χ4v) is 2.26. The SMILES string of the molecule is CC(C)(C)c1cccc(C(O)(CC(=O)O)C(C)(C)C)c1. The van der Waals surface area contributed by atoms with Crippen molar-refractivity contribution in [2.75, 3.05) is 0 Å².